The monoisotopic (exact) mass is 339 g/mol. The van der Waals surface area contributed by atoms with Crippen LogP contribution in [0.25, 0.3) is 0 Å². The van der Waals surface area contributed by atoms with E-state index in [1.54, 1.807) is 0 Å². The zero-order chi connectivity index (χ0) is 13.8. The molecule has 0 aromatic heterocycles. The van der Waals surface area contributed by atoms with Gasteiger partial charge in [-0.15, -0.1) is 17.0 Å². The SMILES string of the molecule is Br.CCCC1N=C(N)N=C(N)N1c1ccc(CC)cc1. The molecule has 20 heavy (non-hydrogen) atoms. The summed E-state index contributed by atoms with van der Waals surface area (Å²) in [6, 6.07) is 8.32. The van der Waals surface area contributed by atoms with Crippen LogP contribution in [0.4, 0.5) is 5.69 Å². The smallest absolute Gasteiger partial charge is 0.220 e. The maximum absolute atomic E-state index is 6.01. The maximum Gasteiger partial charge on any atom is 0.220 e. The van der Waals surface area contributed by atoms with Crippen LogP contribution in [0.5, 0.6) is 0 Å². The molecule has 6 heteroatoms. The number of aryl methyl sites for hydroxylation is 1. The fourth-order valence-electron chi connectivity index (χ4n) is 2.21. The van der Waals surface area contributed by atoms with Crippen molar-refractivity contribution in [3.05, 3.63) is 29.8 Å². The molecule has 5 nitrogen and oxygen atoms in total. The fourth-order valence-corrected chi connectivity index (χ4v) is 2.21. The zero-order valence-electron chi connectivity index (χ0n) is 11.9. The lowest BCUT2D eigenvalue weighted by molar-refractivity contribution is 0.613. The van der Waals surface area contributed by atoms with E-state index in [4.69, 9.17) is 11.5 Å². The van der Waals surface area contributed by atoms with Crippen molar-refractivity contribution < 1.29 is 0 Å². The number of hydrogen-bond acceptors (Lipinski definition) is 5. The molecule has 0 saturated heterocycles. The van der Waals surface area contributed by atoms with E-state index in [0.717, 1.165) is 24.9 Å². The van der Waals surface area contributed by atoms with Gasteiger partial charge in [0, 0.05) is 5.69 Å². The molecule has 0 radical (unpaired) electrons. The fraction of sp³-hybridized carbons (Fsp3) is 0.429. The molecule has 0 fully saturated rings. The molecule has 0 bridgehead atoms. The summed E-state index contributed by atoms with van der Waals surface area (Å²) in [5, 5.41) is 0. The summed E-state index contributed by atoms with van der Waals surface area (Å²) in [5.41, 5.74) is 14.0. The highest BCUT2D eigenvalue weighted by Gasteiger charge is 2.24. The van der Waals surface area contributed by atoms with Gasteiger partial charge in [0.25, 0.3) is 0 Å². The lowest BCUT2D eigenvalue weighted by atomic mass is 10.1. The minimum absolute atomic E-state index is 0. The third-order valence-corrected chi connectivity index (χ3v) is 3.22. The van der Waals surface area contributed by atoms with Gasteiger partial charge in [-0.25, -0.2) is 4.99 Å². The highest BCUT2D eigenvalue weighted by Crippen LogP contribution is 2.23. The summed E-state index contributed by atoms with van der Waals surface area (Å²) in [6.45, 7) is 4.25. The Bertz CT molecular complexity index is 495. The van der Waals surface area contributed by atoms with Crippen molar-refractivity contribution in [2.24, 2.45) is 21.5 Å². The largest absolute Gasteiger partial charge is 0.369 e. The molecule has 0 amide bonds. The number of halogens is 1. The van der Waals surface area contributed by atoms with Gasteiger partial charge in [-0.3, -0.25) is 4.90 Å². The molecule has 1 unspecified atom stereocenters. The molecular formula is C14H22BrN5. The highest BCUT2D eigenvalue weighted by molar-refractivity contribution is 8.93. The van der Waals surface area contributed by atoms with E-state index < -0.39 is 0 Å². The van der Waals surface area contributed by atoms with Crippen molar-refractivity contribution in [1.82, 2.24) is 0 Å². The molecule has 0 saturated carbocycles. The van der Waals surface area contributed by atoms with E-state index in [2.05, 4.69) is 48.1 Å². The van der Waals surface area contributed by atoms with E-state index in [1.807, 2.05) is 4.90 Å². The first-order chi connectivity index (χ1) is 9.15. The summed E-state index contributed by atoms with van der Waals surface area (Å²) in [4.78, 5) is 10.4. The van der Waals surface area contributed by atoms with Crippen LogP contribution in [0.15, 0.2) is 34.3 Å². The Kier molecular flexibility index (Phi) is 6.01. The van der Waals surface area contributed by atoms with Crippen LogP contribution in [0.3, 0.4) is 0 Å². The summed E-state index contributed by atoms with van der Waals surface area (Å²) in [6.07, 6.45) is 2.87. The summed E-state index contributed by atoms with van der Waals surface area (Å²) in [7, 11) is 0. The van der Waals surface area contributed by atoms with Gasteiger partial charge in [0.1, 0.15) is 6.17 Å². The van der Waals surface area contributed by atoms with Gasteiger partial charge < -0.3 is 11.5 Å². The maximum atomic E-state index is 6.01. The third-order valence-electron chi connectivity index (χ3n) is 3.22. The van der Waals surface area contributed by atoms with Crippen LogP contribution in [0, 0.1) is 0 Å². The van der Waals surface area contributed by atoms with Crippen molar-refractivity contribution in [2.45, 2.75) is 39.3 Å². The molecule has 0 aliphatic carbocycles. The van der Waals surface area contributed by atoms with Crippen LogP contribution in [-0.4, -0.2) is 18.1 Å². The number of anilines is 1. The summed E-state index contributed by atoms with van der Waals surface area (Å²) in [5.74, 6) is 0.674. The van der Waals surface area contributed by atoms with Crippen molar-refractivity contribution in [3.8, 4) is 0 Å². The molecule has 1 heterocycles. The number of rotatable bonds is 4. The predicted molar refractivity (Wildman–Crippen MR) is 90.6 cm³/mol. The van der Waals surface area contributed by atoms with Crippen LogP contribution in [0.1, 0.15) is 32.3 Å². The Morgan fingerprint density at radius 1 is 1.15 bits per heavy atom. The lowest BCUT2D eigenvalue weighted by Crippen LogP contribution is -2.48. The van der Waals surface area contributed by atoms with Crippen molar-refractivity contribution >= 4 is 34.6 Å². The summed E-state index contributed by atoms with van der Waals surface area (Å²) < 4.78 is 0. The number of benzene rings is 1. The van der Waals surface area contributed by atoms with Gasteiger partial charge in [-0.1, -0.05) is 32.4 Å². The van der Waals surface area contributed by atoms with Gasteiger partial charge in [0.2, 0.25) is 11.9 Å². The second-order valence-corrected chi connectivity index (χ2v) is 4.62. The number of hydrogen-bond donors (Lipinski definition) is 2. The predicted octanol–water partition coefficient (Wildman–Crippen LogP) is 2.40. The zero-order valence-corrected chi connectivity index (χ0v) is 13.6. The molecule has 1 atom stereocenters. The van der Waals surface area contributed by atoms with Crippen molar-refractivity contribution in [3.63, 3.8) is 0 Å². The lowest BCUT2D eigenvalue weighted by Gasteiger charge is -2.32. The van der Waals surface area contributed by atoms with Gasteiger partial charge >= 0.3 is 0 Å². The van der Waals surface area contributed by atoms with Crippen LogP contribution in [-0.2, 0) is 6.42 Å². The Labute approximate surface area is 130 Å². The Morgan fingerprint density at radius 2 is 1.80 bits per heavy atom. The highest BCUT2D eigenvalue weighted by atomic mass is 79.9. The standard InChI is InChI=1S/C14H21N5.BrH/c1-3-5-12-17-13(15)18-14(16)19(12)11-8-6-10(4-2)7-9-11;/h6-9,12H,3-5H2,1-2H3,(H4,15,16,17,18);1H. The molecule has 1 aromatic rings. The Balaban J connectivity index is 0.00000200. The minimum atomic E-state index is -0.0602. The molecule has 4 N–H and O–H groups in total. The van der Waals surface area contributed by atoms with E-state index in [-0.39, 0.29) is 29.1 Å². The van der Waals surface area contributed by atoms with Crippen LogP contribution >= 0.6 is 17.0 Å². The number of aliphatic imine (C=N–C) groups is 2. The average molecular weight is 340 g/mol. The van der Waals surface area contributed by atoms with E-state index in [1.165, 1.54) is 5.56 Å². The molecule has 0 spiro atoms. The van der Waals surface area contributed by atoms with Gasteiger partial charge in [0.05, 0.1) is 0 Å². The van der Waals surface area contributed by atoms with E-state index >= 15 is 0 Å². The van der Waals surface area contributed by atoms with E-state index in [0.29, 0.717) is 5.96 Å². The van der Waals surface area contributed by atoms with Crippen molar-refractivity contribution in [1.29, 1.82) is 0 Å². The topological polar surface area (TPSA) is 80.0 Å². The quantitative estimate of drug-likeness (QED) is 0.883. The Morgan fingerprint density at radius 3 is 2.35 bits per heavy atom. The molecular weight excluding hydrogens is 318 g/mol. The first-order valence-electron chi connectivity index (χ1n) is 6.71. The minimum Gasteiger partial charge on any atom is -0.369 e. The first-order valence-corrected chi connectivity index (χ1v) is 6.71. The Hall–Kier alpha value is -1.56. The normalized spacial score (nSPS) is 18.1. The first kappa shape index (κ1) is 16.5. The number of nitrogens with zero attached hydrogens (tertiary/aromatic N) is 3. The second kappa shape index (κ2) is 7.28. The molecule has 110 valence electrons. The number of nitrogens with two attached hydrogens (primary N) is 2. The van der Waals surface area contributed by atoms with Crippen LogP contribution in [0.2, 0.25) is 0 Å². The van der Waals surface area contributed by atoms with Crippen LogP contribution < -0.4 is 16.4 Å². The second-order valence-electron chi connectivity index (χ2n) is 4.62. The third kappa shape index (κ3) is 3.50. The molecule has 1 aliphatic heterocycles. The number of guanidine groups is 2. The van der Waals surface area contributed by atoms with E-state index in [9.17, 15) is 0 Å². The summed E-state index contributed by atoms with van der Waals surface area (Å²) >= 11 is 0. The van der Waals surface area contributed by atoms with Gasteiger partial charge in [-0.05, 0) is 30.5 Å². The molecule has 1 aromatic carbocycles. The van der Waals surface area contributed by atoms with Crippen molar-refractivity contribution in [2.75, 3.05) is 4.90 Å². The average Bonchev–Trinajstić information content (AvgIpc) is 2.39. The van der Waals surface area contributed by atoms with Gasteiger partial charge in [0.15, 0.2) is 0 Å². The molecule has 1 aliphatic rings. The molecule has 2 rings (SSSR count). The van der Waals surface area contributed by atoms with Gasteiger partial charge in [-0.2, -0.15) is 4.99 Å².